The molecule has 0 heterocycles. The Morgan fingerprint density at radius 3 is 2.82 bits per heavy atom. The van der Waals surface area contributed by atoms with E-state index in [0.717, 1.165) is 4.47 Å². The Balaban J connectivity index is 2.95. The zero-order chi connectivity index (χ0) is 8.27. The van der Waals surface area contributed by atoms with Gasteiger partial charge in [-0.1, -0.05) is 28.1 Å². The van der Waals surface area contributed by atoms with Crippen molar-refractivity contribution in [1.29, 1.82) is 0 Å². The van der Waals surface area contributed by atoms with E-state index in [4.69, 9.17) is 5.11 Å². The Labute approximate surface area is 73.0 Å². The fourth-order valence-corrected chi connectivity index (χ4v) is 1.16. The van der Waals surface area contributed by atoms with Gasteiger partial charge in [0, 0.05) is 4.47 Å². The van der Waals surface area contributed by atoms with Crippen molar-refractivity contribution in [3.05, 3.63) is 34.3 Å². The second-order valence-corrected chi connectivity index (χ2v) is 2.99. The number of halogens is 1. The lowest BCUT2D eigenvalue weighted by Gasteiger charge is -2.01. The number of hydrogen-bond acceptors (Lipinski definition) is 2. The highest BCUT2D eigenvalue weighted by Crippen LogP contribution is 2.16. The van der Waals surface area contributed by atoms with Crippen LogP contribution in [0.4, 0.5) is 0 Å². The molecule has 0 fully saturated rings. The lowest BCUT2D eigenvalue weighted by atomic mass is 10.1. The van der Waals surface area contributed by atoms with Gasteiger partial charge in [-0.2, -0.15) is 0 Å². The predicted molar refractivity (Wildman–Crippen MR) is 44.8 cm³/mol. The number of carbonyl (C=O) groups excluding carboxylic acids is 1. The number of aliphatic hydroxyl groups is 1. The third-order valence-corrected chi connectivity index (χ3v) is 1.77. The Morgan fingerprint density at radius 2 is 2.27 bits per heavy atom. The molecule has 1 radical (unpaired) electrons. The molecule has 0 aliphatic rings. The van der Waals surface area contributed by atoms with Gasteiger partial charge in [0.2, 0.25) is 6.29 Å². The van der Waals surface area contributed by atoms with E-state index in [1.54, 1.807) is 18.2 Å². The van der Waals surface area contributed by atoms with Crippen LogP contribution in [0.2, 0.25) is 0 Å². The summed E-state index contributed by atoms with van der Waals surface area (Å²) in [6.07, 6.45) is 0.361. The highest BCUT2D eigenvalue weighted by molar-refractivity contribution is 9.10. The minimum absolute atomic E-state index is 0.550. The molecule has 3 heteroatoms. The van der Waals surface area contributed by atoms with Gasteiger partial charge in [-0.05, 0) is 17.7 Å². The van der Waals surface area contributed by atoms with E-state index in [9.17, 15) is 4.79 Å². The first-order chi connectivity index (χ1) is 5.24. The van der Waals surface area contributed by atoms with Crippen molar-refractivity contribution in [3.63, 3.8) is 0 Å². The molecule has 0 spiro atoms. The van der Waals surface area contributed by atoms with Gasteiger partial charge in [0.25, 0.3) is 0 Å². The average molecular weight is 214 g/mol. The molecule has 0 bridgehead atoms. The van der Waals surface area contributed by atoms with E-state index in [2.05, 4.69) is 15.9 Å². The van der Waals surface area contributed by atoms with Crippen molar-refractivity contribution < 1.29 is 9.90 Å². The maximum absolute atomic E-state index is 10.0. The third kappa shape index (κ3) is 2.13. The predicted octanol–water partition coefficient (Wildman–Crippen LogP) is 1.59. The molecular formula is C8H6BrO2. The molecule has 0 aliphatic heterocycles. The average Bonchev–Trinajstić information content (AvgIpc) is 2.03. The summed E-state index contributed by atoms with van der Waals surface area (Å²) in [5, 5.41) is 9.01. The van der Waals surface area contributed by atoms with Crippen molar-refractivity contribution >= 4 is 22.2 Å². The zero-order valence-corrected chi connectivity index (χ0v) is 7.21. The van der Waals surface area contributed by atoms with Crippen LogP contribution in [-0.2, 0) is 4.79 Å². The second-order valence-electron chi connectivity index (χ2n) is 2.08. The Hall–Kier alpha value is -0.670. The highest BCUT2D eigenvalue weighted by atomic mass is 79.9. The van der Waals surface area contributed by atoms with Crippen LogP contribution in [0.15, 0.2) is 28.7 Å². The van der Waals surface area contributed by atoms with Gasteiger partial charge in [-0.15, -0.1) is 0 Å². The fraction of sp³-hybridized carbons (Fsp3) is 0.125. The smallest absolute Gasteiger partial charge is 0.234 e. The summed E-state index contributed by atoms with van der Waals surface area (Å²) in [4.78, 5) is 10.0. The maximum atomic E-state index is 10.0. The largest absolute Gasteiger partial charge is 0.380 e. The molecule has 0 aromatic heterocycles. The lowest BCUT2D eigenvalue weighted by molar-refractivity contribution is 0.240. The Kier molecular flexibility index (Phi) is 2.79. The molecule has 0 saturated carbocycles. The van der Waals surface area contributed by atoms with Gasteiger partial charge in [-0.25, -0.2) is 0 Å². The van der Waals surface area contributed by atoms with Crippen LogP contribution in [0.25, 0.3) is 0 Å². The van der Waals surface area contributed by atoms with E-state index < -0.39 is 6.10 Å². The molecule has 1 rings (SSSR count). The molecular weight excluding hydrogens is 208 g/mol. The van der Waals surface area contributed by atoms with E-state index in [-0.39, 0.29) is 0 Å². The van der Waals surface area contributed by atoms with E-state index in [1.165, 1.54) is 6.29 Å². The summed E-state index contributed by atoms with van der Waals surface area (Å²) in [6.45, 7) is 0. The van der Waals surface area contributed by atoms with Crippen LogP contribution >= 0.6 is 15.9 Å². The first-order valence-corrected chi connectivity index (χ1v) is 3.84. The van der Waals surface area contributed by atoms with Crippen molar-refractivity contribution in [2.24, 2.45) is 0 Å². The highest BCUT2D eigenvalue weighted by Gasteiger charge is 2.05. The normalized spacial score (nSPS) is 12.5. The van der Waals surface area contributed by atoms with Crippen molar-refractivity contribution in [2.45, 2.75) is 6.10 Å². The first kappa shape index (κ1) is 8.43. The van der Waals surface area contributed by atoms with E-state index >= 15 is 0 Å². The summed E-state index contributed by atoms with van der Waals surface area (Å²) >= 11 is 3.22. The lowest BCUT2D eigenvalue weighted by Crippen LogP contribution is -1.96. The van der Waals surface area contributed by atoms with Crippen molar-refractivity contribution in [2.75, 3.05) is 0 Å². The number of rotatable bonds is 2. The molecule has 1 N–H and O–H groups in total. The second kappa shape index (κ2) is 3.64. The minimum Gasteiger partial charge on any atom is -0.380 e. The Morgan fingerprint density at radius 1 is 1.55 bits per heavy atom. The molecule has 0 amide bonds. The molecule has 1 atom stereocenters. The van der Waals surface area contributed by atoms with Crippen LogP contribution in [-0.4, -0.2) is 11.4 Å². The SMILES string of the molecule is O=[C]C(O)c1cccc(Br)c1. The quantitative estimate of drug-likeness (QED) is 0.811. The van der Waals surface area contributed by atoms with Crippen LogP contribution in [0.1, 0.15) is 11.7 Å². The summed E-state index contributed by atoms with van der Waals surface area (Å²) in [6, 6.07) is 6.91. The van der Waals surface area contributed by atoms with Crippen LogP contribution < -0.4 is 0 Å². The minimum atomic E-state index is -1.13. The number of benzene rings is 1. The van der Waals surface area contributed by atoms with Gasteiger partial charge in [0.15, 0.2) is 0 Å². The van der Waals surface area contributed by atoms with Crippen LogP contribution in [0.5, 0.6) is 0 Å². The topological polar surface area (TPSA) is 37.3 Å². The maximum Gasteiger partial charge on any atom is 0.234 e. The standard InChI is InChI=1S/C8H6BrO2/c9-7-3-1-2-6(4-7)8(11)5-10/h1-4,8,11H. The number of hydrogen-bond donors (Lipinski definition) is 1. The van der Waals surface area contributed by atoms with Crippen molar-refractivity contribution in [3.8, 4) is 0 Å². The van der Waals surface area contributed by atoms with E-state index in [1.807, 2.05) is 6.07 Å². The van der Waals surface area contributed by atoms with Crippen LogP contribution in [0, 0.1) is 0 Å². The molecule has 57 valence electrons. The Bertz CT molecular complexity index is 260. The van der Waals surface area contributed by atoms with Gasteiger partial charge >= 0.3 is 0 Å². The summed E-state index contributed by atoms with van der Waals surface area (Å²) in [7, 11) is 0. The van der Waals surface area contributed by atoms with Crippen molar-refractivity contribution in [1.82, 2.24) is 0 Å². The van der Waals surface area contributed by atoms with Gasteiger partial charge in [0.05, 0.1) is 0 Å². The monoisotopic (exact) mass is 213 g/mol. The summed E-state index contributed by atoms with van der Waals surface area (Å²) < 4.78 is 0.837. The van der Waals surface area contributed by atoms with E-state index in [0.29, 0.717) is 5.56 Å². The fourth-order valence-electron chi connectivity index (χ4n) is 0.745. The molecule has 2 nitrogen and oxygen atoms in total. The molecule has 11 heavy (non-hydrogen) atoms. The van der Waals surface area contributed by atoms with Crippen LogP contribution in [0.3, 0.4) is 0 Å². The van der Waals surface area contributed by atoms with Gasteiger partial charge in [-0.3, -0.25) is 4.79 Å². The molecule has 1 unspecified atom stereocenters. The number of aliphatic hydroxyl groups excluding tert-OH is 1. The molecule has 1 aromatic rings. The summed E-state index contributed by atoms with van der Waals surface area (Å²) in [5.74, 6) is 0. The first-order valence-electron chi connectivity index (χ1n) is 3.05. The zero-order valence-electron chi connectivity index (χ0n) is 5.62. The summed E-state index contributed by atoms with van der Waals surface area (Å²) in [5.41, 5.74) is 0.550. The molecule has 1 aromatic carbocycles. The molecule has 0 aliphatic carbocycles. The third-order valence-electron chi connectivity index (χ3n) is 1.28. The van der Waals surface area contributed by atoms with Gasteiger partial charge < -0.3 is 5.11 Å². The van der Waals surface area contributed by atoms with Gasteiger partial charge in [0.1, 0.15) is 6.10 Å². The molecule has 0 saturated heterocycles.